The fourth-order valence-corrected chi connectivity index (χ4v) is 2.13. The van der Waals surface area contributed by atoms with Gasteiger partial charge in [-0.15, -0.1) is 0 Å². The number of methoxy groups -OCH3 is 1. The van der Waals surface area contributed by atoms with Crippen LogP contribution >= 0.6 is 0 Å². The Morgan fingerprint density at radius 1 is 1.18 bits per heavy atom. The van der Waals surface area contributed by atoms with Crippen molar-refractivity contribution in [3.63, 3.8) is 0 Å². The first-order valence-corrected chi connectivity index (χ1v) is 6.63. The number of hydrogen-bond acceptors (Lipinski definition) is 2. The van der Waals surface area contributed by atoms with Crippen LogP contribution in [0.25, 0.3) is 0 Å². The van der Waals surface area contributed by atoms with Gasteiger partial charge in [0, 0.05) is 0 Å². The third kappa shape index (κ3) is 5.22. The topological polar surface area (TPSA) is 21.3 Å². The molecule has 96 valence electrons. The minimum absolute atomic E-state index is 0.744. The second kappa shape index (κ2) is 8.13. The van der Waals surface area contributed by atoms with E-state index >= 15 is 0 Å². The van der Waals surface area contributed by atoms with Gasteiger partial charge in [0.15, 0.2) is 0 Å². The summed E-state index contributed by atoms with van der Waals surface area (Å²) in [5.74, 6) is 1.68. The predicted molar refractivity (Wildman–Crippen MR) is 73.6 cm³/mol. The maximum Gasteiger partial charge on any atom is 0.118 e. The summed E-state index contributed by atoms with van der Waals surface area (Å²) in [5.41, 5.74) is 1.40. The van der Waals surface area contributed by atoms with Gasteiger partial charge in [0.2, 0.25) is 0 Å². The van der Waals surface area contributed by atoms with Crippen molar-refractivity contribution in [2.45, 2.75) is 33.1 Å². The largest absolute Gasteiger partial charge is 0.497 e. The predicted octanol–water partition coefficient (Wildman–Crippen LogP) is 3.26. The van der Waals surface area contributed by atoms with E-state index in [4.69, 9.17) is 4.74 Å². The molecule has 0 amide bonds. The van der Waals surface area contributed by atoms with Crippen LogP contribution in [0.3, 0.4) is 0 Å². The normalized spacial score (nSPS) is 12.4. The molecule has 0 aromatic heterocycles. The van der Waals surface area contributed by atoms with Gasteiger partial charge >= 0.3 is 0 Å². The first kappa shape index (κ1) is 14.0. The zero-order valence-corrected chi connectivity index (χ0v) is 11.3. The lowest BCUT2D eigenvalue weighted by Crippen LogP contribution is -2.24. The monoisotopic (exact) mass is 235 g/mol. The summed E-state index contributed by atoms with van der Waals surface area (Å²) in [7, 11) is 1.71. The van der Waals surface area contributed by atoms with E-state index in [1.165, 1.54) is 18.4 Å². The van der Waals surface area contributed by atoms with Gasteiger partial charge in [-0.05, 0) is 49.5 Å². The summed E-state index contributed by atoms with van der Waals surface area (Å²) in [5, 5.41) is 3.45. The maximum absolute atomic E-state index is 5.17. The molecule has 0 heterocycles. The second-order valence-electron chi connectivity index (χ2n) is 4.51. The minimum atomic E-state index is 0.744. The zero-order chi connectivity index (χ0) is 12.5. The summed E-state index contributed by atoms with van der Waals surface area (Å²) in [6, 6.07) is 8.44. The molecule has 0 radical (unpaired) electrons. The Bertz CT molecular complexity index is 294. The van der Waals surface area contributed by atoms with Gasteiger partial charge in [0.1, 0.15) is 5.75 Å². The highest BCUT2D eigenvalue weighted by Crippen LogP contribution is 2.17. The lowest BCUT2D eigenvalue weighted by atomic mass is 9.95. The molecule has 0 saturated carbocycles. The minimum Gasteiger partial charge on any atom is -0.497 e. The standard InChI is InChI=1S/C15H25NO/c1-4-6-14(12-16-5-2)11-13-7-9-15(17-3)10-8-13/h7-10,14,16H,4-6,11-12H2,1-3H3. The first-order valence-electron chi connectivity index (χ1n) is 6.63. The van der Waals surface area contributed by atoms with Gasteiger partial charge in [-0.2, -0.15) is 0 Å². The van der Waals surface area contributed by atoms with Gasteiger partial charge in [-0.3, -0.25) is 0 Å². The highest BCUT2D eigenvalue weighted by Gasteiger charge is 2.08. The molecule has 0 aliphatic carbocycles. The van der Waals surface area contributed by atoms with E-state index in [1.807, 2.05) is 12.1 Å². The summed E-state index contributed by atoms with van der Waals surface area (Å²) < 4.78 is 5.17. The number of nitrogens with one attached hydrogen (secondary N) is 1. The molecule has 0 aliphatic heterocycles. The molecule has 1 aromatic carbocycles. The molecule has 0 bridgehead atoms. The molecule has 17 heavy (non-hydrogen) atoms. The van der Waals surface area contributed by atoms with E-state index in [0.717, 1.165) is 31.2 Å². The number of rotatable bonds is 8. The molecule has 1 atom stereocenters. The molecule has 0 fully saturated rings. The van der Waals surface area contributed by atoms with E-state index < -0.39 is 0 Å². The highest BCUT2D eigenvalue weighted by atomic mass is 16.5. The van der Waals surface area contributed by atoms with E-state index in [1.54, 1.807) is 7.11 Å². The Kier molecular flexibility index (Phi) is 6.71. The molecule has 1 N–H and O–H groups in total. The average molecular weight is 235 g/mol. The first-order chi connectivity index (χ1) is 8.30. The Morgan fingerprint density at radius 3 is 2.41 bits per heavy atom. The molecular weight excluding hydrogens is 210 g/mol. The highest BCUT2D eigenvalue weighted by molar-refractivity contribution is 5.27. The lowest BCUT2D eigenvalue weighted by molar-refractivity contribution is 0.414. The molecule has 0 saturated heterocycles. The summed E-state index contributed by atoms with van der Waals surface area (Å²) >= 11 is 0. The van der Waals surface area contributed by atoms with Crippen LogP contribution in [0.2, 0.25) is 0 Å². The molecule has 1 aromatic rings. The number of ether oxygens (including phenoxy) is 1. The van der Waals surface area contributed by atoms with Crippen LogP contribution in [0.4, 0.5) is 0 Å². The van der Waals surface area contributed by atoms with E-state index in [9.17, 15) is 0 Å². The number of hydrogen-bond donors (Lipinski definition) is 1. The smallest absolute Gasteiger partial charge is 0.118 e. The molecule has 1 rings (SSSR count). The van der Waals surface area contributed by atoms with E-state index in [2.05, 4.69) is 31.3 Å². The second-order valence-corrected chi connectivity index (χ2v) is 4.51. The zero-order valence-electron chi connectivity index (χ0n) is 11.3. The fraction of sp³-hybridized carbons (Fsp3) is 0.600. The summed E-state index contributed by atoms with van der Waals surface area (Å²) in [6.07, 6.45) is 3.70. The van der Waals surface area contributed by atoms with Gasteiger partial charge in [-0.25, -0.2) is 0 Å². The van der Waals surface area contributed by atoms with Crippen LogP contribution in [0.5, 0.6) is 5.75 Å². The Labute approximate surface area is 105 Å². The van der Waals surface area contributed by atoms with Gasteiger partial charge < -0.3 is 10.1 Å². The van der Waals surface area contributed by atoms with Crippen molar-refractivity contribution >= 4 is 0 Å². The van der Waals surface area contributed by atoms with Crippen molar-refractivity contribution in [2.75, 3.05) is 20.2 Å². The molecule has 2 nitrogen and oxygen atoms in total. The van der Waals surface area contributed by atoms with Crippen LogP contribution in [0.15, 0.2) is 24.3 Å². The molecule has 0 spiro atoms. The van der Waals surface area contributed by atoms with Crippen molar-refractivity contribution in [3.8, 4) is 5.75 Å². The van der Waals surface area contributed by atoms with Crippen molar-refractivity contribution in [2.24, 2.45) is 5.92 Å². The van der Waals surface area contributed by atoms with Crippen LogP contribution in [-0.4, -0.2) is 20.2 Å². The Hall–Kier alpha value is -1.02. The van der Waals surface area contributed by atoms with E-state index in [0.29, 0.717) is 0 Å². The van der Waals surface area contributed by atoms with E-state index in [-0.39, 0.29) is 0 Å². The quantitative estimate of drug-likeness (QED) is 0.746. The van der Waals surface area contributed by atoms with Crippen molar-refractivity contribution in [3.05, 3.63) is 29.8 Å². The Balaban J connectivity index is 2.51. The molecule has 1 unspecified atom stereocenters. The van der Waals surface area contributed by atoms with Crippen LogP contribution in [-0.2, 0) is 6.42 Å². The van der Waals surface area contributed by atoms with Crippen molar-refractivity contribution < 1.29 is 4.74 Å². The molecular formula is C15H25NO. The third-order valence-corrected chi connectivity index (χ3v) is 3.06. The Morgan fingerprint density at radius 2 is 1.88 bits per heavy atom. The maximum atomic E-state index is 5.17. The average Bonchev–Trinajstić information content (AvgIpc) is 2.37. The van der Waals surface area contributed by atoms with Crippen molar-refractivity contribution in [1.29, 1.82) is 0 Å². The van der Waals surface area contributed by atoms with Gasteiger partial charge in [-0.1, -0.05) is 32.4 Å². The van der Waals surface area contributed by atoms with Crippen LogP contribution in [0, 0.1) is 5.92 Å². The van der Waals surface area contributed by atoms with Crippen LogP contribution < -0.4 is 10.1 Å². The van der Waals surface area contributed by atoms with Crippen LogP contribution in [0.1, 0.15) is 32.3 Å². The lowest BCUT2D eigenvalue weighted by Gasteiger charge is -2.16. The third-order valence-electron chi connectivity index (χ3n) is 3.06. The number of benzene rings is 1. The summed E-state index contributed by atoms with van der Waals surface area (Å²) in [4.78, 5) is 0. The van der Waals surface area contributed by atoms with Gasteiger partial charge in [0.05, 0.1) is 7.11 Å². The van der Waals surface area contributed by atoms with Gasteiger partial charge in [0.25, 0.3) is 0 Å². The fourth-order valence-electron chi connectivity index (χ4n) is 2.13. The molecule has 0 aliphatic rings. The van der Waals surface area contributed by atoms with Crippen molar-refractivity contribution in [1.82, 2.24) is 5.32 Å². The molecule has 2 heteroatoms. The SMILES string of the molecule is CCCC(CNCC)Cc1ccc(OC)cc1. The summed E-state index contributed by atoms with van der Waals surface area (Å²) in [6.45, 7) is 6.60.